The van der Waals surface area contributed by atoms with E-state index in [1.54, 1.807) is 6.07 Å². The van der Waals surface area contributed by atoms with Gasteiger partial charge in [0.2, 0.25) is 0 Å². The van der Waals surface area contributed by atoms with Gasteiger partial charge < -0.3 is 14.7 Å². The average Bonchev–Trinajstić information content (AvgIpc) is 2.89. The van der Waals surface area contributed by atoms with Crippen molar-refractivity contribution in [3.8, 4) is 11.8 Å². The highest BCUT2D eigenvalue weighted by Gasteiger charge is 2.35. The Morgan fingerprint density at radius 1 is 1.11 bits per heavy atom. The Hall–Kier alpha value is -2.59. The molecule has 0 spiro atoms. The van der Waals surface area contributed by atoms with E-state index in [4.69, 9.17) is 21.6 Å². The van der Waals surface area contributed by atoms with Gasteiger partial charge in [-0.2, -0.15) is 5.26 Å². The Balaban J connectivity index is 1.24. The van der Waals surface area contributed by atoms with E-state index in [1.807, 2.05) is 50.2 Å². The van der Waals surface area contributed by atoms with Crippen LogP contribution in [0, 0.1) is 24.2 Å². The molecule has 2 atom stereocenters. The number of piperidine rings is 2. The van der Waals surface area contributed by atoms with Gasteiger partial charge in [-0.1, -0.05) is 48.9 Å². The van der Waals surface area contributed by atoms with Crippen LogP contribution in [0.3, 0.4) is 0 Å². The molecule has 2 heterocycles. The molecule has 2 aliphatic rings. The van der Waals surface area contributed by atoms with Crippen molar-refractivity contribution in [3.63, 3.8) is 0 Å². The van der Waals surface area contributed by atoms with Gasteiger partial charge in [0.1, 0.15) is 24.0 Å². The number of nitrogens with zero attached hydrogens (tertiary/aromatic N) is 3. The van der Waals surface area contributed by atoms with Crippen LogP contribution in [0.4, 0.5) is 0 Å². The van der Waals surface area contributed by atoms with E-state index in [0.29, 0.717) is 16.5 Å². The number of carboxylic acids is 1. The highest BCUT2D eigenvalue weighted by atomic mass is 35.5. The zero-order chi connectivity index (χ0) is 25.7. The second-order valence-electron chi connectivity index (χ2n) is 10.2. The number of nitriles is 1. The lowest BCUT2D eigenvalue weighted by atomic mass is 9.88. The molecule has 2 aromatic rings. The first-order valence-electron chi connectivity index (χ1n) is 13.0. The summed E-state index contributed by atoms with van der Waals surface area (Å²) in [7, 11) is 0. The predicted molar refractivity (Wildman–Crippen MR) is 142 cm³/mol. The van der Waals surface area contributed by atoms with E-state index < -0.39 is 12.0 Å². The van der Waals surface area contributed by atoms with E-state index >= 15 is 0 Å². The molecule has 36 heavy (non-hydrogen) atoms. The van der Waals surface area contributed by atoms with Gasteiger partial charge in [0.25, 0.3) is 0 Å². The third kappa shape index (κ3) is 6.21. The van der Waals surface area contributed by atoms with Gasteiger partial charge in [-0.25, -0.2) is 0 Å². The molecule has 0 amide bonds. The number of benzene rings is 2. The summed E-state index contributed by atoms with van der Waals surface area (Å²) < 4.78 is 6.24. The summed E-state index contributed by atoms with van der Waals surface area (Å²) in [5, 5.41) is 19.6. The van der Waals surface area contributed by atoms with Crippen molar-refractivity contribution < 1.29 is 14.6 Å². The molecular weight excluding hydrogens is 474 g/mol. The van der Waals surface area contributed by atoms with Gasteiger partial charge in [-0.3, -0.25) is 9.69 Å². The molecule has 2 fully saturated rings. The molecule has 0 saturated carbocycles. The zero-order valence-electron chi connectivity index (χ0n) is 21.2. The number of aliphatic carboxylic acids is 1. The number of ether oxygens (including phenoxy) is 1. The predicted octanol–water partition coefficient (Wildman–Crippen LogP) is 5.33. The third-order valence-corrected chi connectivity index (χ3v) is 8.38. The minimum absolute atomic E-state index is 0.0473. The Bertz CT molecular complexity index is 1070. The fourth-order valence-electron chi connectivity index (χ4n) is 5.67. The Kier molecular flexibility index (Phi) is 8.90. The minimum Gasteiger partial charge on any atom is -0.490 e. The maximum Gasteiger partial charge on any atom is 0.321 e. The van der Waals surface area contributed by atoms with Crippen molar-refractivity contribution in [2.45, 2.75) is 57.6 Å². The van der Waals surface area contributed by atoms with Crippen LogP contribution in [0.2, 0.25) is 5.02 Å². The van der Waals surface area contributed by atoms with Crippen LogP contribution in [0.15, 0.2) is 42.5 Å². The maximum absolute atomic E-state index is 12.2. The third-order valence-electron chi connectivity index (χ3n) is 7.90. The molecule has 2 aliphatic heterocycles. The highest BCUT2D eigenvalue weighted by Crippen LogP contribution is 2.32. The van der Waals surface area contributed by atoms with Gasteiger partial charge in [0, 0.05) is 31.1 Å². The summed E-state index contributed by atoms with van der Waals surface area (Å²) in [4.78, 5) is 16.9. The highest BCUT2D eigenvalue weighted by molar-refractivity contribution is 6.32. The van der Waals surface area contributed by atoms with Crippen molar-refractivity contribution in [1.29, 1.82) is 5.26 Å². The first-order valence-corrected chi connectivity index (χ1v) is 13.3. The molecule has 0 radical (unpaired) electrons. The lowest BCUT2D eigenvalue weighted by Gasteiger charge is -2.40. The molecule has 0 bridgehead atoms. The number of halogens is 1. The fraction of sp³-hybridized carbons (Fsp3) is 0.517. The van der Waals surface area contributed by atoms with Crippen molar-refractivity contribution in [1.82, 2.24) is 9.80 Å². The van der Waals surface area contributed by atoms with Gasteiger partial charge in [-0.05, 0) is 69.3 Å². The van der Waals surface area contributed by atoms with E-state index in [-0.39, 0.29) is 12.0 Å². The standard InChI is InChI=1S/C29H36ClN3O3/c1-20(23-6-4-3-5-7-23)28(29(34)35)33-16-10-22(11-17-33)19-32-14-12-25(13-15-32)36-26-9-8-24(18-31)27(30)21(26)2/h3-9,20,22,25,28H,10-17,19H2,1-2H3,(H,34,35)/t20?,28-/m0/s1. The van der Waals surface area contributed by atoms with Crippen molar-refractivity contribution in [3.05, 3.63) is 64.2 Å². The fourth-order valence-corrected chi connectivity index (χ4v) is 5.87. The molecule has 7 heteroatoms. The number of likely N-dealkylation sites (tertiary alicyclic amines) is 2. The van der Waals surface area contributed by atoms with E-state index in [9.17, 15) is 9.90 Å². The molecule has 1 unspecified atom stereocenters. The summed E-state index contributed by atoms with van der Waals surface area (Å²) in [6.07, 6.45) is 4.15. The van der Waals surface area contributed by atoms with Crippen molar-refractivity contribution >= 4 is 17.6 Å². The van der Waals surface area contributed by atoms with Crippen molar-refractivity contribution in [2.75, 3.05) is 32.7 Å². The first kappa shape index (κ1) is 26.5. The summed E-state index contributed by atoms with van der Waals surface area (Å²) in [5.41, 5.74) is 2.38. The van der Waals surface area contributed by atoms with Gasteiger partial charge in [0.05, 0.1) is 10.6 Å². The number of hydrogen-bond acceptors (Lipinski definition) is 5. The van der Waals surface area contributed by atoms with Crippen LogP contribution in [0.5, 0.6) is 5.75 Å². The molecule has 2 aromatic carbocycles. The smallest absolute Gasteiger partial charge is 0.321 e. The summed E-state index contributed by atoms with van der Waals surface area (Å²) in [6.45, 7) is 8.64. The second kappa shape index (κ2) is 12.1. The Morgan fingerprint density at radius 3 is 2.39 bits per heavy atom. The number of rotatable bonds is 8. The van der Waals surface area contributed by atoms with Crippen LogP contribution in [0.25, 0.3) is 0 Å². The summed E-state index contributed by atoms with van der Waals surface area (Å²) in [5.74, 6) is 0.585. The molecule has 2 saturated heterocycles. The van der Waals surface area contributed by atoms with Crippen LogP contribution < -0.4 is 4.74 Å². The van der Waals surface area contributed by atoms with Gasteiger partial charge >= 0.3 is 5.97 Å². The van der Waals surface area contributed by atoms with Crippen molar-refractivity contribution in [2.24, 2.45) is 5.92 Å². The molecular formula is C29H36ClN3O3. The van der Waals surface area contributed by atoms with E-state index in [1.165, 1.54) is 0 Å². The SMILES string of the molecule is Cc1c(OC2CCN(CC3CCN([C@H](C(=O)O)C(C)c4ccccc4)CC3)CC2)ccc(C#N)c1Cl. The Morgan fingerprint density at radius 2 is 1.78 bits per heavy atom. The normalized spacial score (nSPS) is 19.9. The van der Waals surface area contributed by atoms with Gasteiger partial charge in [-0.15, -0.1) is 0 Å². The van der Waals surface area contributed by atoms with Crippen LogP contribution >= 0.6 is 11.6 Å². The lowest BCUT2D eigenvalue weighted by Crippen LogP contribution is -2.49. The number of carboxylic acid groups (broad SMARTS) is 1. The minimum atomic E-state index is -0.731. The number of hydrogen-bond donors (Lipinski definition) is 1. The lowest BCUT2D eigenvalue weighted by molar-refractivity contribution is -0.144. The van der Waals surface area contributed by atoms with Crippen LogP contribution in [0.1, 0.15) is 55.2 Å². The topological polar surface area (TPSA) is 76.8 Å². The molecule has 6 nitrogen and oxygen atoms in total. The Labute approximate surface area is 219 Å². The largest absolute Gasteiger partial charge is 0.490 e. The van der Waals surface area contributed by atoms with Crippen LogP contribution in [-0.2, 0) is 4.79 Å². The first-order chi connectivity index (χ1) is 17.4. The summed E-state index contributed by atoms with van der Waals surface area (Å²) in [6, 6.07) is 15.2. The molecule has 1 N–H and O–H groups in total. The second-order valence-corrected chi connectivity index (χ2v) is 10.6. The van der Waals surface area contributed by atoms with E-state index in [0.717, 1.165) is 75.3 Å². The number of carbonyl (C=O) groups is 1. The molecule has 4 rings (SSSR count). The molecule has 0 aromatic heterocycles. The van der Waals surface area contributed by atoms with E-state index in [2.05, 4.69) is 15.9 Å². The molecule has 0 aliphatic carbocycles. The maximum atomic E-state index is 12.2. The quantitative estimate of drug-likeness (QED) is 0.518. The average molecular weight is 510 g/mol. The van der Waals surface area contributed by atoms with Gasteiger partial charge in [0.15, 0.2) is 0 Å². The zero-order valence-corrected chi connectivity index (χ0v) is 22.0. The van der Waals surface area contributed by atoms with Crippen LogP contribution in [-0.4, -0.2) is 65.7 Å². The molecule has 192 valence electrons. The monoisotopic (exact) mass is 509 g/mol. The summed E-state index contributed by atoms with van der Waals surface area (Å²) >= 11 is 6.30.